The number of pyridine rings is 1. The van der Waals surface area contributed by atoms with Gasteiger partial charge in [0.05, 0.1) is 12.2 Å². The van der Waals surface area contributed by atoms with Gasteiger partial charge in [-0.05, 0) is 61.0 Å². The molecule has 3 aromatic rings. The fourth-order valence-electron chi connectivity index (χ4n) is 4.44. The first-order chi connectivity index (χ1) is 15.6. The van der Waals surface area contributed by atoms with Crippen LogP contribution >= 0.6 is 11.9 Å². The molecule has 1 aromatic carbocycles. The van der Waals surface area contributed by atoms with Crippen molar-refractivity contribution < 1.29 is 4.79 Å². The van der Waals surface area contributed by atoms with Gasteiger partial charge in [-0.2, -0.15) is 0 Å². The van der Waals surface area contributed by atoms with E-state index in [-0.39, 0.29) is 5.91 Å². The number of hydrogen-bond donors (Lipinski definition) is 1. The molecule has 1 saturated heterocycles. The Balaban J connectivity index is 1.23. The summed E-state index contributed by atoms with van der Waals surface area (Å²) in [6, 6.07) is 16.6. The number of rotatable bonds is 6. The first-order valence-corrected chi connectivity index (χ1v) is 12.0. The van der Waals surface area contributed by atoms with Crippen LogP contribution in [-0.4, -0.2) is 32.9 Å². The van der Waals surface area contributed by atoms with Gasteiger partial charge in [0.25, 0.3) is 5.91 Å². The summed E-state index contributed by atoms with van der Waals surface area (Å²) < 4.78 is 4.33. The van der Waals surface area contributed by atoms with Crippen LogP contribution in [0, 0.1) is 6.92 Å². The molecule has 0 saturated carbocycles. The molecule has 32 heavy (non-hydrogen) atoms. The largest absolute Gasteiger partial charge is 0.357 e. The Hall–Kier alpha value is -2.77. The van der Waals surface area contributed by atoms with Crippen LogP contribution in [0.3, 0.4) is 0 Å². The Bertz CT molecular complexity index is 1110. The van der Waals surface area contributed by atoms with E-state index in [2.05, 4.69) is 51.8 Å². The lowest BCUT2D eigenvalue weighted by atomic mass is 10.1. The zero-order chi connectivity index (χ0) is 22.1. The molecule has 0 radical (unpaired) electrons. The summed E-state index contributed by atoms with van der Waals surface area (Å²) in [6.45, 7) is 6.48. The number of nitrogens with zero attached hydrogens (tertiary/aromatic N) is 4. The monoisotopic (exact) mass is 447 g/mol. The summed E-state index contributed by atoms with van der Waals surface area (Å²) >= 11 is 1.73. The molecule has 0 atom stereocenters. The van der Waals surface area contributed by atoms with Crippen molar-refractivity contribution >= 4 is 23.7 Å². The summed E-state index contributed by atoms with van der Waals surface area (Å²) in [5.41, 5.74) is 5.44. The van der Waals surface area contributed by atoms with E-state index in [0.29, 0.717) is 12.2 Å². The Morgan fingerprint density at radius 3 is 2.50 bits per heavy atom. The van der Waals surface area contributed by atoms with Gasteiger partial charge in [0.1, 0.15) is 11.5 Å². The van der Waals surface area contributed by atoms with Crippen molar-refractivity contribution in [1.82, 2.24) is 19.2 Å². The number of aromatic nitrogens is 2. The van der Waals surface area contributed by atoms with Crippen molar-refractivity contribution in [2.75, 3.05) is 18.0 Å². The lowest BCUT2D eigenvalue weighted by Gasteiger charge is -2.17. The fraction of sp³-hybridized carbons (Fsp3) is 0.360. The SMILES string of the molecule is Cc1c(SN2Cc3ccccc3C2)cc(C(=O)NCc2cccc(N3CCCC3)n2)n1C. The van der Waals surface area contributed by atoms with Crippen molar-refractivity contribution in [2.45, 2.75) is 44.3 Å². The molecule has 7 heteroatoms. The predicted octanol–water partition coefficient (Wildman–Crippen LogP) is 4.28. The van der Waals surface area contributed by atoms with E-state index in [0.717, 1.165) is 48.3 Å². The first-order valence-electron chi connectivity index (χ1n) is 11.2. The van der Waals surface area contributed by atoms with Crippen LogP contribution in [0.15, 0.2) is 53.4 Å². The number of anilines is 1. The molecule has 4 heterocycles. The number of carbonyl (C=O) groups excluding carboxylic acids is 1. The number of hydrogen-bond acceptors (Lipinski definition) is 5. The van der Waals surface area contributed by atoms with E-state index in [1.807, 2.05) is 29.8 Å². The average Bonchev–Trinajstić information content (AvgIpc) is 3.54. The molecule has 1 fully saturated rings. The van der Waals surface area contributed by atoms with Crippen LogP contribution in [0.25, 0.3) is 0 Å². The second-order valence-electron chi connectivity index (χ2n) is 8.56. The third kappa shape index (κ3) is 4.27. The minimum absolute atomic E-state index is 0.0690. The molecule has 2 aliphatic heterocycles. The maximum Gasteiger partial charge on any atom is 0.268 e. The average molecular weight is 448 g/mol. The molecule has 2 aliphatic rings. The van der Waals surface area contributed by atoms with Gasteiger partial charge in [-0.3, -0.25) is 4.79 Å². The van der Waals surface area contributed by atoms with Crippen molar-refractivity contribution in [3.8, 4) is 0 Å². The number of benzene rings is 1. The lowest BCUT2D eigenvalue weighted by Crippen LogP contribution is -2.26. The molecule has 0 spiro atoms. The van der Waals surface area contributed by atoms with Gasteiger partial charge in [-0.1, -0.05) is 30.3 Å². The lowest BCUT2D eigenvalue weighted by molar-refractivity contribution is 0.0942. The molecule has 5 rings (SSSR count). The van der Waals surface area contributed by atoms with Crippen LogP contribution < -0.4 is 10.2 Å². The van der Waals surface area contributed by atoms with Gasteiger partial charge < -0.3 is 14.8 Å². The highest BCUT2D eigenvalue weighted by Gasteiger charge is 2.23. The number of carbonyl (C=O) groups is 1. The Kier molecular flexibility index (Phi) is 5.93. The third-order valence-electron chi connectivity index (χ3n) is 6.41. The van der Waals surface area contributed by atoms with Gasteiger partial charge >= 0.3 is 0 Å². The van der Waals surface area contributed by atoms with Crippen LogP contribution in [0.5, 0.6) is 0 Å². The molecular weight excluding hydrogens is 418 g/mol. The smallest absolute Gasteiger partial charge is 0.268 e. The number of amides is 1. The molecule has 0 aliphatic carbocycles. The van der Waals surface area contributed by atoms with Crippen LogP contribution in [0.1, 0.15) is 45.8 Å². The normalized spacial score (nSPS) is 15.9. The Morgan fingerprint density at radius 1 is 1.06 bits per heavy atom. The molecule has 2 aromatic heterocycles. The van der Waals surface area contributed by atoms with E-state index >= 15 is 0 Å². The van der Waals surface area contributed by atoms with Gasteiger partial charge in [-0.15, -0.1) is 0 Å². The molecule has 6 nitrogen and oxygen atoms in total. The summed E-state index contributed by atoms with van der Waals surface area (Å²) in [4.78, 5) is 21.2. The zero-order valence-electron chi connectivity index (χ0n) is 18.7. The van der Waals surface area contributed by atoms with Gasteiger partial charge in [0.2, 0.25) is 0 Å². The van der Waals surface area contributed by atoms with E-state index in [1.54, 1.807) is 11.9 Å². The molecular formula is C25H29N5OS. The van der Waals surface area contributed by atoms with E-state index in [9.17, 15) is 4.79 Å². The van der Waals surface area contributed by atoms with Gasteiger partial charge in [0.15, 0.2) is 0 Å². The highest BCUT2D eigenvalue weighted by molar-refractivity contribution is 7.97. The minimum Gasteiger partial charge on any atom is -0.357 e. The standard InChI is InChI=1S/C25H29N5OS/c1-18-23(32-30-16-19-8-3-4-9-20(19)17-30)14-22(28(18)2)25(31)26-15-21-10-7-11-24(27-21)29-12-5-6-13-29/h3-4,7-11,14H,5-6,12-13,15-17H2,1-2H3,(H,26,31). The topological polar surface area (TPSA) is 53.4 Å². The van der Waals surface area contributed by atoms with E-state index < -0.39 is 0 Å². The van der Waals surface area contributed by atoms with Gasteiger partial charge in [0, 0.05) is 43.8 Å². The predicted molar refractivity (Wildman–Crippen MR) is 129 cm³/mol. The van der Waals surface area contributed by atoms with Crippen molar-refractivity contribution in [3.05, 3.63) is 76.7 Å². The van der Waals surface area contributed by atoms with Crippen LogP contribution in [-0.2, 0) is 26.7 Å². The summed E-state index contributed by atoms with van der Waals surface area (Å²) in [5, 5.41) is 3.06. The molecule has 0 unspecified atom stereocenters. The van der Waals surface area contributed by atoms with Crippen LogP contribution in [0.2, 0.25) is 0 Å². The summed E-state index contributed by atoms with van der Waals surface area (Å²) in [6.07, 6.45) is 2.44. The Morgan fingerprint density at radius 2 is 1.78 bits per heavy atom. The number of nitrogens with one attached hydrogen (secondary N) is 1. The molecule has 0 bridgehead atoms. The summed E-state index contributed by atoms with van der Waals surface area (Å²) in [7, 11) is 1.96. The van der Waals surface area contributed by atoms with Crippen molar-refractivity contribution in [2.24, 2.45) is 7.05 Å². The van der Waals surface area contributed by atoms with E-state index in [1.165, 1.54) is 24.0 Å². The summed E-state index contributed by atoms with van der Waals surface area (Å²) in [5.74, 6) is 0.940. The second kappa shape index (κ2) is 9.00. The van der Waals surface area contributed by atoms with Gasteiger partial charge in [-0.25, -0.2) is 9.29 Å². The first kappa shape index (κ1) is 21.1. The third-order valence-corrected chi connectivity index (χ3v) is 7.54. The quantitative estimate of drug-likeness (QED) is 0.572. The van der Waals surface area contributed by atoms with Crippen molar-refractivity contribution in [3.63, 3.8) is 0 Å². The molecule has 1 amide bonds. The van der Waals surface area contributed by atoms with Crippen LogP contribution in [0.4, 0.5) is 5.82 Å². The van der Waals surface area contributed by atoms with Crippen molar-refractivity contribution in [1.29, 1.82) is 0 Å². The highest BCUT2D eigenvalue weighted by atomic mass is 32.2. The maximum atomic E-state index is 13.0. The Labute approximate surface area is 193 Å². The second-order valence-corrected chi connectivity index (χ2v) is 9.70. The highest BCUT2D eigenvalue weighted by Crippen LogP contribution is 2.35. The molecule has 1 N–H and O–H groups in total. The maximum absolute atomic E-state index is 13.0. The minimum atomic E-state index is -0.0690. The number of fused-ring (bicyclic) bond motifs is 1. The fourth-order valence-corrected chi connectivity index (χ4v) is 5.56. The zero-order valence-corrected chi connectivity index (χ0v) is 19.5. The van der Waals surface area contributed by atoms with E-state index in [4.69, 9.17) is 4.98 Å². The molecule has 166 valence electrons.